The minimum absolute atomic E-state index is 0.0577. The zero-order valence-electron chi connectivity index (χ0n) is 22.2. The molecule has 0 spiro atoms. The van der Waals surface area contributed by atoms with Gasteiger partial charge in [0.2, 0.25) is 0 Å². The molecule has 39 heavy (non-hydrogen) atoms. The number of hydrogen-bond acceptors (Lipinski definition) is 6. The highest BCUT2D eigenvalue weighted by Crippen LogP contribution is 2.38. The summed E-state index contributed by atoms with van der Waals surface area (Å²) in [6.45, 7) is 5.28. The predicted octanol–water partition coefficient (Wildman–Crippen LogP) is 6.50. The molecule has 2 aromatic rings. The Hall–Kier alpha value is -2.88. The summed E-state index contributed by atoms with van der Waals surface area (Å²) in [5, 5.41) is 11.0. The van der Waals surface area contributed by atoms with Crippen molar-refractivity contribution in [1.82, 2.24) is 9.88 Å². The standard InChI is InChI=1S/C29H37F3N4O3/c30-29(31,32)26-18-23(7-10-27(26)36(37)38)17-21-5-8-24(9-6-21)39-25-11-12-33-28(19-25)35-15-13-34(14-16-35)20-22-3-1-2-4-22/h7,10-12,18-19,21-22,24H,1-6,8-9,13-17,20H2. The van der Waals surface area contributed by atoms with E-state index < -0.39 is 22.4 Å². The molecule has 0 atom stereocenters. The van der Waals surface area contributed by atoms with E-state index in [4.69, 9.17) is 4.74 Å². The molecule has 1 aromatic heterocycles. The fraction of sp³-hybridized carbons (Fsp3) is 0.621. The largest absolute Gasteiger partial charge is 0.490 e. The van der Waals surface area contributed by atoms with E-state index in [9.17, 15) is 23.3 Å². The van der Waals surface area contributed by atoms with Crippen LogP contribution < -0.4 is 9.64 Å². The summed E-state index contributed by atoms with van der Waals surface area (Å²) in [4.78, 5) is 19.6. The normalized spacial score (nSPS) is 23.2. The van der Waals surface area contributed by atoms with Crippen molar-refractivity contribution in [3.63, 3.8) is 0 Å². The molecule has 0 N–H and O–H groups in total. The molecule has 0 unspecified atom stereocenters. The van der Waals surface area contributed by atoms with Gasteiger partial charge < -0.3 is 9.64 Å². The van der Waals surface area contributed by atoms with Crippen LogP contribution in [-0.4, -0.2) is 53.6 Å². The van der Waals surface area contributed by atoms with Gasteiger partial charge in [0.25, 0.3) is 5.69 Å². The number of nitrogens with zero attached hydrogens (tertiary/aromatic N) is 4. The van der Waals surface area contributed by atoms with Gasteiger partial charge in [0.05, 0.1) is 11.0 Å². The Balaban J connectivity index is 1.10. The highest BCUT2D eigenvalue weighted by molar-refractivity contribution is 5.45. The van der Waals surface area contributed by atoms with E-state index in [0.29, 0.717) is 12.0 Å². The summed E-state index contributed by atoms with van der Waals surface area (Å²) in [6.07, 6.45) is 6.40. The fourth-order valence-electron chi connectivity index (χ4n) is 6.44. The molecule has 1 saturated heterocycles. The number of pyridine rings is 1. The summed E-state index contributed by atoms with van der Waals surface area (Å²) in [7, 11) is 0. The monoisotopic (exact) mass is 546 g/mol. The lowest BCUT2D eigenvalue weighted by Gasteiger charge is -2.36. The van der Waals surface area contributed by atoms with Crippen molar-refractivity contribution in [2.24, 2.45) is 11.8 Å². The fourth-order valence-corrected chi connectivity index (χ4v) is 6.44. The number of benzene rings is 1. The number of nitro benzene ring substituents is 1. The van der Waals surface area contributed by atoms with Gasteiger partial charge in [-0.25, -0.2) is 4.98 Å². The van der Waals surface area contributed by atoms with Crippen molar-refractivity contribution in [2.75, 3.05) is 37.6 Å². The van der Waals surface area contributed by atoms with Crippen LogP contribution in [0.5, 0.6) is 5.75 Å². The van der Waals surface area contributed by atoms with Gasteiger partial charge in [-0.15, -0.1) is 0 Å². The smallest absolute Gasteiger partial charge is 0.423 e. The van der Waals surface area contributed by atoms with Crippen molar-refractivity contribution in [3.8, 4) is 5.75 Å². The van der Waals surface area contributed by atoms with Crippen molar-refractivity contribution >= 4 is 11.5 Å². The molecule has 3 aliphatic rings. The van der Waals surface area contributed by atoms with Crippen LogP contribution >= 0.6 is 0 Å². The van der Waals surface area contributed by atoms with Crippen LogP contribution in [0, 0.1) is 22.0 Å². The molecule has 0 bridgehead atoms. The molecule has 3 fully saturated rings. The Kier molecular flexibility index (Phi) is 8.59. The summed E-state index contributed by atoms with van der Waals surface area (Å²) in [5.41, 5.74) is -1.59. The van der Waals surface area contributed by atoms with E-state index >= 15 is 0 Å². The SMILES string of the molecule is O=[N+]([O-])c1ccc(CC2CCC(Oc3ccnc(N4CCN(CC5CCCC5)CC4)c3)CC2)cc1C(F)(F)F. The average Bonchev–Trinajstić information content (AvgIpc) is 3.43. The van der Waals surface area contributed by atoms with Crippen LogP contribution in [0.15, 0.2) is 36.5 Å². The van der Waals surface area contributed by atoms with E-state index in [1.165, 1.54) is 38.3 Å². The highest BCUT2D eigenvalue weighted by atomic mass is 19.4. The molecule has 0 amide bonds. The Morgan fingerprint density at radius 3 is 2.33 bits per heavy atom. The number of ether oxygens (including phenoxy) is 1. The van der Waals surface area contributed by atoms with Crippen LogP contribution in [0.3, 0.4) is 0 Å². The summed E-state index contributed by atoms with van der Waals surface area (Å²) in [5.74, 6) is 2.84. The number of aromatic nitrogens is 1. The van der Waals surface area contributed by atoms with Gasteiger partial charge in [-0.3, -0.25) is 15.0 Å². The van der Waals surface area contributed by atoms with E-state index in [2.05, 4.69) is 14.8 Å². The first-order chi connectivity index (χ1) is 18.7. The van der Waals surface area contributed by atoms with Gasteiger partial charge in [0.15, 0.2) is 0 Å². The highest BCUT2D eigenvalue weighted by Gasteiger charge is 2.38. The Morgan fingerprint density at radius 1 is 0.949 bits per heavy atom. The lowest BCUT2D eigenvalue weighted by molar-refractivity contribution is -0.388. The first-order valence-electron chi connectivity index (χ1n) is 14.2. The minimum Gasteiger partial charge on any atom is -0.490 e. The molecular weight excluding hydrogens is 509 g/mol. The van der Waals surface area contributed by atoms with E-state index in [1.807, 2.05) is 12.1 Å². The third kappa shape index (κ3) is 7.21. The molecule has 5 rings (SSSR count). The van der Waals surface area contributed by atoms with Crippen molar-refractivity contribution in [3.05, 3.63) is 57.8 Å². The maximum Gasteiger partial charge on any atom is 0.423 e. The molecule has 7 nitrogen and oxygen atoms in total. The Morgan fingerprint density at radius 2 is 1.67 bits per heavy atom. The zero-order chi connectivity index (χ0) is 27.4. The van der Waals surface area contributed by atoms with Gasteiger partial charge in [-0.2, -0.15) is 13.2 Å². The van der Waals surface area contributed by atoms with E-state index in [0.717, 1.165) is 81.5 Å². The average molecular weight is 547 g/mol. The number of hydrogen-bond donors (Lipinski definition) is 0. The van der Waals surface area contributed by atoms with Gasteiger partial charge in [-0.05, 0) is 74.5 Å². The first-order valence-corrected chi connectivity index (χ1v) is 14.2. The van der Waals surface area contributed by atoms with Crippen LogP contribution in [0.1, 0.15) is 62.5 Å². The first kappa shape index (κ1) is 27.7. The number of piperazine rings is 1. The minimum atomic E-state index is -4.75. The molecule has 2 aliphatic carbocycles. The maximum absolute atomic E-state index is 13.3. The number of rotatable bonds is 8. The molecule has 1 aliphatic heterocycles. The van der Waals surface area contributed by atoms with E-state index in [-0.39, 0.29) is 12.0 Å². The topological polar surface area (TPSA) is 71.7 Å². The van der Waals surface area contributed by atoms with Crippen LogP contribution in [0.2, 0.25) is 0 Å². The van der Waals surface area contributed by atoms with Crippen molar-refractivity contribution in [2.45, 2.75) is 70.1 Å². The number of halogens is 3. The molecule has 2 heterocycles. The third-order valence-electron chi connectivity index (χ3n) is 8.59. The van der Waals surface area contributed by atoms with Gasteiger partial charge >= 0.3 is 6.18 Å². The Bertz CT molecular complexity index is 1120. The van der Waals surface area contributed by atoms with Gasteiger partial charge in [0, 0.05) is 51.1 Å². The van der Waals surface area contributed by atoms with Crippen molar-refractivity contribution < 1.29 is 22.8 Å². The predicted molar refractivity (Wildman–Crippen MR) is 143 cm³/mol. The number of alkyl halides is 3. The van der Waals surface area contributed by atoms with Crippen LogP contribution in [0.25, 0.3) is 0 Å². The number of anilines is 1. The summed E-state index contributed by atoms with van der Waals surface area (Å²) < 4.78 is 46.3. The quantitative estimate of drug-likeness (QED) is 0.278. The number of nitro groups is 1. The molecule has 2 saturated carbocycles. The van der Waals surface area contributed by atoms with Crippen molar-refractivity contribution in [1.29, 1.82) is 0 Å². The summed E-state index contributed by atoms with van der Waals surface area (Å²) in [6, 6.07) is 7.27. The summed E-state index contributed by atoms with van der Waals surface area (Å²) >= 11 is 0. The maximum atomic E-state index is 13.3. The van der Waals surface area contributed by atoms with Gasteiger partial charge in [0.1, 0.15) is 17.1 Å². The zero-order valence-corrected chi connectivity index (χ0v) is 22.2. The van der Waals surface area contributed by atoms with Gasteiger partial charge in [-0.1, -0.05) is 18.9 Å². The second-order valence-corrected chi connectivity index (χ2v) is 11.4. The lowest BCUT2D eigenvalue weighted by Crippen LogP contribution is -2.47. The van der Waals surface area contributed by atoms with Crippen LogP contribution in [-0.2, 0) is 12.6 Å². The molecule has 10 heteroatoms. The Labute approximate surface area is 227 Å². The molecular formula is C29H37F3N4O3. The lowest BCUT2D eigenvalue weighted by atomic mass is 9.83. The second-order valence-electron chi connectivity index (χ2n) is 11.4. The molecule has 212 valence electrons. The third-order valence-corrected chi connectivity index (χ3v) is 8.59. The van der Waals surface area contributed by atoms with Crippen LogP contribution in [0.4, 0.5) is 24.7 Å². The second kappa shape index (κ2) is 12.1. The molecule has 0 radical (unpaired) electrons. The molecule has 1 aromatic carbocycles. The van der Waals surface area contributed by atoms with E-state index in [1.54, 1.807) is 6.20 Å².